The smallest absolute Gasteiger partial charge is 0.335 e. The van der Waals surface area contributed by atoms with Crippen LogP contribution in [0.1, 0.15) is 10.4 Å². The SMILES string of the molecule is COc1ccc(NC(=O)CN2C(=O)COc3ccc(C(=O)O)cc32)c([N+](=O)[O-])c1. The zero-order valence-corrected chi connectivity index (χ0v) is 15.1. The molecule has 0 saturated carbocycles. The third-order valence-electron chi connectivity index (χ3n) is 4.13. The zero-order chi connectivity index (χ0) is 21.1. The lowest BCUT2D eigenvalue weighted by Crippen LogP contribution is -2.43. The van der Waals surface area contributed by atoms with Crippen molar-refractivity contribution in [2.45, 2.75) is 0 Å². The molecule has 2 N–H and O–H groups in total. The van der Waals surface area contributed by atoms with Crippen LogP contribution < -0.4 is 19.7 Å². The predicted molar refractivity (Wildman–Crippen MR) is 99.5 cm³/mol. The molecule has 2 amide bonds. The van der Waals surface area contributed by atoms with E-state index in [1.54, 1.807) is 0 Å². The summed E-state index contributed by atoms with van der Waals surface area (Å²) in [6.45, 7) is -0.809. The number of hydrogen-bond donors (Lipinski definition) is 2. The first-order chi connectivity index (χ1) is 13.8. The van der Waals surface area contributed by atoms with Crippen molar-refractivity contribution < 1.29 is 33.9 Å². The molecule has 1 aliphatic heterocycles. The van der Waals surface area contributed by atoms with Crippen LogP contribution in [0.4, 0.5) is 17.1 Å². The van der Waals surface area contributed by atoms with Gasteiger partial charge in [-0.25, -0.2) is 4.79 Å². The van der Waals surface area contributed by atoms with Crippen molar-refractivity contribution in [1.29, 1.82) is 0 Å². The molecular weight excluding hydrogens is 386 g/mol. The van der Waals surface area contributed by atoms with Gasteiger partial charge in [-0.05, 0) is 30.3 Å². The van der Waals surface area contributed by atoms with Crippen molar-refractivity contribution in [3.63, 3.8) is 0 Å². The van der Waals surface area contributed by atoms with Crippen LogP contribution in [0, 0.1) is 10.1 Å². The largest absolute Gasteiger partial charge is 0.496 e. The highest BCUT2D eigenvalue weighted by molar-refractivity contribution is 6.06. The molecule has 11 nitrogen and oxygen atoms in total. The number of aromatic carboxylic acids is 1. The summed E-state index contributed by atoms with van der Waals surface area (Å²) >= 11 is 0. The standard InChI is InChI=1S/C18H15N3O8/c1-28-11-3-4-12(13(7-11)21(26)27)19-16(22)8-20-14-6-10(18(24)25)2-5-15(14)29-9-17(20)23/h2-7H,8-9H2,1H3,(H,19,22)(H,24,25). The van der Waals surface area contributed by atoms with Crippen LogP contribution in [-0.2, 0) is 9.59 Å². The molecule has 1 aliphatic rings. The summed E-state index contributed by atoms with van der Waals surface area (Å²) in [6, 6.07) is 7.84. The third-order valence-corrected chi connectivity index (χ3v) is 4.13. The number of nitrogens with zero attached hydrogens (tertiary/aromatic N) is 2. The normalized spacial score (nSPS) is 12.6. The highest BCUT2D eigenvalue weighted by Gasteiger charge is 2.29. The number of rotatable bonds is 6. The van der Waals surface area contributed by atoms with Gasteiger partial charge in [0, 0.05) is 0 Å². The number of nitro groups is 1. The second kappa shape index (κ2) is 7.84. The van der Waals surface area contributed by atoms with E-state index in [4.69, 9.17) is 14.6 Å². The summed E-state index contributed by atoms with van der Waals surface area (Å²) in [5.74, 6) is -1.98. The minimum Gasteiger partial charge on any atom is -0.496 e. The average Bonchev–Trinajstić information content (AvgIpc) is 2.69. The molecule has 3 rings (SSSR count). The first kappa shape index (κ1) is 19.6. The van der Waals surface area contributed by atoms with Crippen molar-refractivity contribution in [1.82, 2.24) is 0 Å². The Balaban J connectivity index is 1.85. The van der Waals surface area contributed by atoms with Gasteiger partial charge in [-0.3, -0.25) is 24.6 Å². The maximum absolute atomic E-state index is 12.5. The van der Waals surface area contributed by atoms with Crippen molar-refractivity contribution in [3.05, 3.63) is 52.1 Å². The number of benzene rings is 2. The van der Waals surface area contributed by atoms with Crippen LogP contribution in [0.5, 0.6) is 11.5 Å². The van der Waals surface area contributed by atoms with Crippen LogP contribution in [0.25, 0.3) is 0 Å². The number of carbonyl (C=O) groups excluding carboxylic acids is 2. The maximum Gasteiger partial charge on any atom is 0.335 e. The Morgan fingerprint density at radius 2 is 2.07 bits per heavy atom. The quantitative estimate of drug-likeness (QED) is 0.548. The number of nitrogens with one attached hydrogen (secondary N) is 1. The van der Waals surface area contributed by atoms with Gasteiger partial charge in [0.1, 0.15) is 23.7 Å². The molecule has 0 atom stereocenters. The Hall–Kier alpha value is -4.15. The van der Waals surface area contributed by atoms with Gasteiger partial charge in [0.25, 0.3) is 11.6 Å². The average molecular weight is 401 g/mol. The summed E-state index contributed by atoms with van der Waals surface area (Å²) in [4.78, 5) is 47.5. The minimum atomic E-state index is -1.20. The molecule has 11 heteroatoms. The monoisotopic (exact) mass is 401 g/mol. The molecular formula is C18H15N3O8. The Morgan fingerprint density at radius 3 is 2.72 bits per heavy atom. The van der Waals surface area contributed by atoms with Gasteiger partial charge in [0.15, 0.2) is 6.61 Å². The highest BCUT2D eigenvalue weighted by Crippen LogP contribution is 2.33. The number of hydrogen-bond acceptors (Lipinski definition) is 7. The molecule has 150 valence electrons. The summed E-state index contributed by atoms with van der Waals surface area (Å²) in [7, 11) is 1.35. The summed E-state index contributed by atoms with van der Waals surface area (Å²) in [6.07, 6.45) is 0. The van der Waals surface area contributed by atoms with Crippen LogP contribution in [0.2, 0.25) is 0 Å². The Labute approximate surface area is 163 Å². The fourth-order valence-corrected chi connectivity index (χ4v) is 2.74. The topological polar surface area (TPSA) is 148 Å². The lowest BCUT2D eigenvalue weighted by Gasteiger charge is -2.29. The molecule has 0 saturated heterocycles. The zero-order valence-electron chi connectivity index (χ0n) is 15.1. The summed E-state index contributed by atoms with van der Waals surface area (Å²) in [5.41, 5.74) is -0.403. The fourth-order valence-electron chi connectivity index (χ4n) is 2.74. The van der Waals surface area contributed by atoms with E-state index in [1.165, 1.54) is 37.4 Å². The van der Waals surface area contributed by atoms with Crippen LogP contribution in [0.15, 0.2) is 36.4 Å². The molecule has 0 radical (unpaired) electrons. The van der Waals surface area contributed by atoms with Crippen molar-refractivity contribution in [2.24, 2.45) is 0 Å². The van der Waals surface area contributed by atoms with Gasteiger partial charge in [-0.2, -0.15) is 0 Å². The molecule has 0 spiro atoms. The van der Waals surface area contributed by atoms with Crippen LogP contribution in [0.3, 0.4) is 0 Å². The van der Waals surface area contributed by atoms with Gasteiger partial charge in [-0.1, -0.05) is 0 Å². The number of ether oxygens (including phenoxy) is 2. The number of nitro benzene ring substituents is 1. The Bertz CT molecular complexity index is 1020. The second-order valence-electron chi connectivity index (χ2n) is 5.94. The van der Waals surface area contributed by atoms with E-state index in [0.717, 1.165) is 11.0 Å². The van der Waals surface area contributed by atoms with Gasteiger partial charge in [0.2, 0.25) is 5.91 Å². The van der Waals surface area contributed by atoms with E-state index in [9.17, 15) is 24.5 Å². The van der Waals surface area contributed by atoms with Crippen molar-refractivity contribution >= 4 is 34.8 Å². The van der Waals surface area contributed by atoms with Gasteiger partial charge in [-0.15, -0.1) is 0 Å². The Morgan fingerprint density at radius 1 is 1.31 bits per heavy atom. The fraction of sp³-hybridized carbons (Fsp3) is 0.167. The predicted octanol–water partition coefficient (Wildman–Crippen LogP) is 1.67. The molecule has 0 aromatic heterocycles. The van der Waals surface area contributed by atoms with Crippen LogP contribution in [-0.4, -0.2) is 48.1 Å². The lowest BCUT2D eigenvalue weighted by molar-refractivity contribution is -0.384. The highest BCUT2D eigenvalue weighted by atomic mass is 16.6. The first-order valence-corrected chi connectivity index (χ1v) is 8.23. The number of carbonyl (C=O) groups is 3. The van der Waals surface area contributed by atoms with Gasteiger partial charge >= 0.3 is 5.97 Å². The molecule has 1 heterocycles. The molecule has 0 aliphatic carbocycles. The van der Waals surface area contributed by atoms with E-state index in [-0.39, 0.29) is 40.7 Å². The first-order valence-electron chi connectivity index (χ1n) is 8.23. The number of fused-ring (bicyclic) bond motifs is 1. The minimum absolute atomic E-state index is 0.0685. The molecule has 2 aromatic rings. The molecule has 29 heavy (non-hydrogen) atoms. The third kappa shape index (κ3) is 4.08. The Kier molecular flexibility index (Phi) is 5.30. The van der Waals surface area contributed by atoms with E-state index >= 15 is 0 Å². The summed E-state index contributed by atoms with van der Waals surface area (Å²) in [5, 5.41) is 22.8. The van der Waals surface area contributed by atoms with Crippen molar-refractivity contribution in [2.75, 3.05) is 30.5 Å². The van der Waals surface area contributed by atoms with Gasteiger partial charge in [0.05, 0.1) is 29.4 Å². The molecule has 0 fully saturated rings. The number of carboxylic acids is 1. The maximum atomic E-state index is 12.5. The number of methoxy groups -OCH3 is 1. The number of anilines is 2. The lowest BCUT2D eigenvalue weighted by atomic mass is 10.1. The van der Waals surface area contributed by atoms with E-state index < -0.39 is 29.3 Å². The molecule has 0 bridgehead atoms. The molecule has 0 unspecified atom stereocenters. The second-order valence-corrected chi connectivity index (χ2v) is 5.94. The van der Waals surface area contributed by atoms with Crippen LogP contribution >= 0.6 is 0 Å². The van der Waals surface area contributed by atoms with E-state index in [2.05, 4.69) is 5.32 Å². The summed E-state index contributed by atoms with van der Waals surface area (Å²) < 4.78 is 10.2. The number of amides is 2. The van der Waals surface area contributed by atoms with Crippen molar-refractivity contribution in [3.8, 4) is 11.5 Å². The van der Waals surface area contributed by atoms with E-state index in [1.807, 2.05) is 0 Å². The molecule has 2 aromatic carbocycles. The van der Waals surface area contributed by atoms with Gasteiger partial charge < -0.3 is 19.9 Å². The van der Waals surface area contributed by atoms with E-state index in [0.29, 0.717) is 0 Å². The number of carboxylic acid groups (broad SMARTS) is 1.